The molecule has 0 aromatic heterocycles. The summed E-state index contributed by atoms with van der Waals surface area (Å²) in [5, 5.41) is 15.6. The van der Waals surface area contributed by atoms with Crippen molar-refractivity contribution in [3.63, 3.8) is 0 Å². The van der Waals surface area contributed by atoms with Crippen LogP contribution in [0, 0.1) is 12.8 Å². The zero-order chi connectivity index (χ0) is 16.8. The van der Waals surface area contributed by atoms with Crippen molar-refractivity contribution in [3.05, 3.63) is 29.3 Å². The molecular weight excluding hydrogens is 280 g/mol. The van der Waals surface area contributed by atoms with Crippen molar-refractivity contribution < 1.29 is 14.6 Å². The van der Waals surface area contributed by atoms with Crippen LogP contribution in [0.3, 0.4) is 0 Å². The minimum absolute atomic E-state index is 0.0709. The number of aryl methyl sites for hydroxylation is 1. The lowest BCUT2D eigenvalue weighted by molar-refractivity contribution is 0.0166. The molecule has 0 spiro atoms. The van der Waals surface area contributed by atoms with Crippen LogP contribution in [-0.4, -0.2) is 29.9 Å². The van der Waals surface area contributed by atoms with Gasteiger partial charge in [-0.25, -0.2) is 4.79 Å². The maximum atomic E-state index is 11.8. The maximum Gasteiger partial charge on any atom is 0.315 e. The van der Waals surface area contributed by atoms with Gasteiger partial charge >= 0.3 is 6.03 Å². The van der Waals surface area contributed by atoms with E-state index < -0.39 is 5.60 Å². The Balaban J connectivity index is 2.46. The highest BCUT2D eigenvalue weighted by Crippen LogP contribution is 2.19. The molecule has 22 heavy (non-hydrogen) atoms. The van der Waals surface area contributed by atoms with Crippen LogP contribution in [0.25, 0.3) is 0 Å². The standard InChI is InChI=1S/C17H28N2O3/c1-6-22-15-8-7-14(9-13(15)4)10-18-16(20)19-11-17(5,21)12(2)3/h7-9,12,21H,6,10-11H2,1-5H3,(H2,18,19,20). The largest absolute Gasteiger partial charge is 0.494 e. The van der Waals surface area contributed by atoms with Gasteiger partial charge in [0.25, 0.3) is 0 Å². The van der Waals surface area contributed by atoms with Gasteiger partial charge in [-0.05, 0) is 43.9 Å². The van der Waals surface area contributed by atoms with E-state index >= 15 is 0 Å². The van der Waals surface area contributed by atoms with Gasteiger partial charge in [-0.15, -0.1) is 0 Å². The van der Waals surface area contributed by atoms with Crippen LogP contribution in [0.2, 0.25) is 0 Å². The molecule has 1 rings (SSSR count). The molecule has 2 amide bonds. The lowest BCUT2D eigenvalue weighted by Crippen LogP contribution is -2.47. The highest BCUT2D eigenvalue weighted by molar-refractivity contribution is 5.73. The summed E-state index contributed by atoms with van der Waals surface area (Å²) >= 11 is 0. The predicted molar refractivity (Wildman–Crippen MR) is 88.0 cm³/mol. The minimum atomic E-state index is -0.910. The smallest absolute Gasteiger partial charge is 0.315 e. The Hall–Kier alpha value is -1.75. The SMILES string of the molecule is CCOc1ccc(CNC(=O)NCC(C)(O)C(C)C)cc1C. The first-order chi connectivity index (χ1) is 10.3. The minimum Gasteiger partial charge on any atom is -0.494 e. The number of carbonyl (C=O) groups is 1. The first-order valence-electron chi connectivity index (χ1n) is 7.72. The lowest BCUT2D eigenvalue weighted by atomic mass is 9.93. The molecule has 0 radical (unpaired) electrons. The molecule has 0 aliphatic carbocycles. The summed E-state index contributed by atoms with van der Waals surface area (Å²) in [6, 6.07) is 5.56. The number of carbonyl (C=O) groups excluding carboxylic acids is 1. The number of hydrogen-bond acceptors (Lipinski definition) is 3. The molecule has 5 nitrogen and oxygen atoms in total. The summed E-state index contributed by atoms with van der Waals surface area (Å²) in [6.07, 6.45) is 0. The molecule has 0 fully saturated rings. The topological polar surface area (TPSA) is 70.6 Å². The zero-order valence-electron chi connectivity index (χ0n) is 14.2. The summed E-state index contributed by atoms with van der Waals surface area (Å²) in [5.41, 5.74) is 1.14. The first-order valence-corrected chi connectivity index (χ1v) is 7.72. The number of urea groups is 1. The molecule has 0 saturated heterocycles. The third-order valence-corrected chi connectivity index (χ3v) is 3.84. The number of rotatable bonds is 7. The van der Waals surface area contributed by atoms with Crippen LogP contribution < -0.4 is 15.4 Å². The van der Waals surface area contributed by atoms with Crippen LogP contribution >= 0.6 is 0 Å². The highest BCUT2D eigenvalue weighted by Gasteiger charge is 2.25. The number of nitrogens with one attached hydrogen (secondary N) is 2. The summed E-state index contributed by atoms with van der Waals surface area (Å²) in [6.45, 7) is 10.8. The second-order valence-corrected chi connectivity index (χ2v) is 6.08. The van der Waals surface area contributed by atoms with E-state index in [1.165, 1.54) is 0 Å². The molecule has 1 unspecified atom stereocenters. The fourth-order valence-electron chi connectivity index (χ4n) is 1.85. The molecule has 3 N–H and O–H groups in total. The monoisotopic (exact) mass is 308 g/mol. The van der Waals surface area contributed by atoms with Gasteiger partial charge in [0.05, 0.1) is 12.2 Å². The molecule has 1 aromatic carbocycles. The molecule has 5 heteroatoms. The molecule has 0 aliphatic rings. The van der Waals surface area contributed by atoms with E-state index in [4.69, 9.17) is 4.74 Å². The summed E-state index contributed by atoms with van der Waals surface area (Å²) in [4.78, 5) is 11.8. The normalized spacial score (nSPS) is 13.6. The van der Waals surface area contributed by atoms with Crippen molar-refractivity contribution in [1.82, 2.24) is 10.6 Å². The number of ether oxygens (including phenoxy) is 1. The van der Waals surface area contributed by atoms with E-state index in [0.29, 0.717) is 13.2 Å². The number of amides is 2. The third-order valence-electron chi connectivity index (χ3n) is 3.84. The van der Waals surface area contributed by atoms with Gasteiger partial charge in [0.15, 0.2) is 0 Å². The van der Waals surface area contributed by atoms with Crippen LogP contribution in [0.1, 0.15) is 38.8 Å². The molecule has 1 atom stereocenters. The summed E-state index contributed by atoms with van der Waals surface area (Å²) < 4.78 is 5.49. The average molecular weight is 308 g/mol. The Labute approximate surface area is 133 Å². The third kappa shape index (κ3) is 5.56. The van der Waals surface area contributed by atoms with Crippen molar-refractivity contribution in [2.45, 2.75) is 46.8 Å². The molecule has 1 aromatic rings. The molecule has 0 heterocycles. The van der Waals surface area contributed by atoms with Crippen LogP contribution in [0.5, 0.6) is 5.75 Å². The quantitative estimate of drug-likeness (QED) is 0.725. The van der Waals surface area contributed by atoms with Gasteiger partial charge in [0, 0.05) is 13.1 Å². The number of benzene rings is 1. The van der Waals surface area contributed by atoms with E-state index in [1.807, 2.05) is 45.9 Å². The van der Waals surface area contributed by atoms with Crippen LogP contribution in [0.4, 0.5) is 4.79 Å². The van der Waals surface area contributed by atoms with Gasteiger partial charge in [0.2, 0.25) is 0 Å². The van der Waals surface area contributed by atoms with E-state index in [2.05, 4.69) is 10.6 Å². The van der Waals surface area contributed by atoms with E-state index in [9.17, 15) is 9.90 Å². The molecular formula is C17H28N2O3. The lowest BCUT2D eigenvalue weighted by Gasteiger charge is -2.27. The van der Waals surface area contributed by atoms with Gasteiger partial charge in [0.1, 0.15) is 5.75 Å². The summed E-state index contributed by atoms with van der Waals surface area (Å²) in [7, 11) is 0. The number of hydrogen-bond donors (Lipinski definition) is 3. The predicted octanol–water partition coefficient (Wildman–Crippen LogP) is 2.60. The molecule has 0 aliphatic heterocycles. The Kier molecular flexibility index (Phi) is 6.68. The van der Waals surface area contributed by atoms with Crippen molar-refractivity contribution in [2.75, 3.05) is 13.2 Å². The van der Waals surface area contributed by atoms with Crippen molar-refractivity contribution in [1.29, 1.82) is 0 Å². The first kappa shape index (κ1) is 18.3. The average Bonchev–Trinajstić information content (AvgIpc) is 2.45. The van der Waals surface area contributed by atoms with Crippen molar-refractivity contribution in [3.8, 4) is 5.75 Å². The van der Waals surface area contributed by atoms with Gasteiger partial charge in [-0.1, -0.05) is 26.0 Å². The Morgan fingerprint density at radius 2 is 2.05 bits per heavy atom. The fourth-order valence-corrected chi connectivity index (χ4v) is 1.85. The number of aliphatic hydroxyl groups is 1. The van der Waals surface area contributed by atoms with E-state index in [-0.39, 0.29) is 18.5 Å². The second-order valence-electron chi connectivity index (χ2n) is 6.08. The summed E-state index contributed by atoms with van der Waals surface area (Å²) in [5.74, 6) is 0.935. The van der Waals surface area contributed by atoms with Crippen LogP contribution in [0.15, 0.2) is 18.2 Å². The maximum absolute atomic E-state index is 11.8. The fraction of sp³-hybridized carbons (Fsp3) is 0.588. The van der Waals surface area contributed by atoms with Gasteiger partial charge in [-0.2, -0.15) is 0 Å². The Morgan fingerprint density at radius 3 is 2.59 bits per heavy atom. The highest BCUT2D eigenvalue weighted by atomic mass is 16.5. The Morgan fingerprint density at radius 1 is 1.36 bits per heavy atom. The van der Waals surface area contributed by atoms with E-state index in [0.717, 1.165) is 16.9 Å². The van der Waals surface area contributed by atoms with E-state index in [1.54, 1.807) is 6.92 Å². The Bertz CT molecular complexity index is 499. The van der Waals surface area contributed by atoms with Gasteiger partial charge < -0.3 is 20.5 Å². The molecule has 0 bridgehead atoms. The molecule has 124 valence electrons. The van der Waals surface area contributed by atoms with Crippen molar-refractivity contribution in [2.24, 2.45) is 5.92 Å². The zero-order valence-corrected chi connectivity index (χ0v) is 14.2. The second kappa shape index (κ2) is 8.03. The van der Waals surface area contributed by atoms with Crippen molar-refractivity contribution >= 4 is 6.03 Å². The van der Waals surface area contributed by atoms with Gasteiger partial charge in [-0.3, -0.25) is 0 Å². The molecule has 0 saturated carbocycles. The van der Waals surface area contributed by atoms with Crippen LogP contribution in [-0.2, 0) is 6.54 Å².